The number of hydrogen-bond acceptors (Lipinski definition) is 4. The van der Waals surface area contributed by atoms with Gasteiger partial charge in [-0.25, -0.2) is 0 Å². The zero-order chi connectivity index (χ0) is 12.4. The topological polar surface area (TPSA) is 38.8 Å². The molecule has 5 heteroatoms. The van der Waals surface area contributed by atoms with E-state index in [0.717, 1.165) is 25.7 Å². The fraction of sp³-hybridized carbons (Fsp3) is 1.00. The van der Waals surface area contributed by atoms with Crippen LogP contribution >= 0.6 is 7.60 Å². The summed E-state index contributed by atoms with van der Waals surface area (Å²) in [5.41, 5.74) is 0. The van der Waals surface area contributed by atoms with Gasteiger partial charge in [-0.05, 0) is 26.9 Å². The summed E-state index contributed by atoms with van der Waals surface area (Å²) in [6.45, 7) is 5.21. The summed E-state index contributed by atoms with van der Waals surface area (Å²) in [6, 6.07) is 0. The molecule has 0 radical (unpaired) electrons. The van der Waals surface area contributed by atoms with Crippen LogP contribution < -0.4 is 0 Å². The lowest BCUT2D eigenvalue weighted by atomic mass is 10.4. The van der Waals surface area contributed by atoms with Crippen LogP contribution in [0.2, 0.25) is 0 Å². The SMILES string of the molecule is CCCCOP(=O)(CN(C)C)OCCCC. The highest BCUT2D eigenvalue weighted by atomic mass is 31.2. The third-order valence-corrected chi connectivity index (χ3v) is 4.09. The van der Waals surface area contributed by atoms with Crippen LogP contribution in [0.3, 0.4) is 0 Å². The summed E-state index contributed by atoms with van der Waals surface area (Å²) >= 11 is 0. The predicted molar refractivity (Wildman–Crippen MR) is 67.9 cm³/mol. The van der Waals surface area contributed by atoms with E-state index in [1.54, 1.807) is 0 Å². The van der Waals surface area contributed by atoms with Crippen molar-refractivity contribution in [3.05, 3.63) is 0 Å². The Hall–Kier alpha value is 0.110. The first-order valence-corrected chi connectivity index (χ1v) is 7.79. The number of unbranched alkanes of at least 4 members (excludes halogenated alkanes) is 2. The van der Waals surface area contributed by atoms with Crippen molar-refractivity contribution in [1.29, 1.82) is 0 Å². The number of nitrogens with zero attached hydrogens (tertiary/aromatic N) is 1. The zero-order valence-corrected chi connectivity index (χ0v) is 12.0. The number of hydrogen-bond donors (Lipinski definition) is 0. The molecule has 0 spiro atoms. The van der Waals surface area contributed by atoms with Gasteiger partial charge in [-0.15, -0.1) is 0 Å². The van der Waals surface area contributed by atoms with Crippen LogP contribution in [0.4, 0.5) is 0 Å². The van der Waals surface area contributed by atoms with Crippen LogP contribution in [0, 0.1) is 0 Å². The molecule has 16 heavy (non-hydrogen) atoms. The molecule has 0 amide bonds. The smallest absolute Gasteiger partial charge is 0.308 e. The van der Waals surface area contributed by atoms with Crippen molar-refractivity contribution in [1.82, 2.24) is 4.90 Å². The molecule has 0 aliphatic heterocycles. The van der Waals surface area contributed by atoms with Gasteiger partial charge in [0.15, 0.2) is 0 Å². The molecule has 98 valence electrons. The van der Waals surface area contributed by atoms with E-state index in [9.17, 15) is 4.57 Å². The zero-order valence-electron chi connectivity index (χ0n) is 11.1. The van der Waals surface area contributed by atoms with Crippen LogP contribution in [0.5, 0.6) is 0 Å². The Balaban J connectivity index is 4.08. The molecule has 0 aliphatic carbocycles. The van der Waals surface area contributed by atoms with Crippen LogP contribution in [0.15, 0.2) is 0 Å². The molecule has 0 fully saturated rings. The van der Waals surface area contributed by atoms with Gasteiger partial charge >= 0.3 is 7.60 Å². The molecule has 0 bridgehead atoms. The largest absolute Gasteiger partial charge is 0.344 e. The van der Waals surface area contributed by atoms with E-state index in [0.29, 0.717) is 19.5 Å². The molecule has 0 aromatic rings. The molecule has 0 N–H and O–H groups in total. The second-order valence-electron chi connectivity index (χ2n) is 4.21. The molecule has 0 heterocycles. The van der Waals surface area contributed by atoms with E-state index in [1.165, 1.54) is 0 Å². The first-order valence-electron chi connectivity index (χ1n) is 6.07. The molecule has 0 rings (SSSR count). The maximum absolute atomic E-state index is 12.3. The van der Waals surface area contributed by atoms with Crippen molar-refractivity contribution in [3.63, 3.8) is 0 Å². The molecule has 0 atom stereocenters. The Labute approximate surface area is 99.8 Å². The Morgan fingerprint density at radius 3 is 1.75 bits per heavy atom. The van der Waals surface area contributed by atoms with Crippen molar-refractivity contribution in [3.8, 4) is 0 Å². The van der Waals surface area contributed by atoms with Gasteiger partial charge in [-0.2, -0.15) is 0 Å². The average molecular weight is 251 g/mol. The fourth-order valence-corrected chi connectivity index (χ4v) is 2.91. The third-order valence-electron chi connectivity index (χ3n) is 2.03. The highest BCUT2D eigenvalue weighted by Gasteiger charge is 2.24. The highest BCUT2D eigenvalue weighted by Crippen LogP contribution is 2.48. The summed E-state index contributed by atoms with van der Waals surface area (Å²) in [7, 11) is 0.839. The van der Waals surface area contributed by atoms with Gasteiger partial charge in [-0.3, -0.25) is 9.46 Å². The molecule has 0 saturated heterocycles. The lowest BCUT2D eigenvalue weighted by molar-refractivity contribution is 0.189. The van der Waals surface area contributed by atoms with E-state index < -0.39 is 7.60 Å². The average Bonchev–Trinajstić information content (AvgIpc) is 2.17. The molecule has 0 aromatic heterocycles. The Morgan fingerprint density at radius 2 is 1.44 bits per heavy atom. The van der Waals surface area contributed by atoms with Gasteiger partial charge in [0, 0.05) is 0 Å². The summed E-state index contributed by atoms with van der Waals surface area (Å²) in [5, 5.41) is 0. The molecule has 0 aliphatic rings. The van der Waals surface area contributed by atoms with Crippen molar-refractivity contribution >= 4 is 7.60 Å². The van der Waals surface area contributed by atoms with Crippen LogP contribution in [0.25, 0.3) is 0 Å². The minimum atomic E-state index is -2.91. The normalized spacial score (nSPS) is 12.3. The van der Waals surface area contributed by atoms with Crippen molar-refractivity contribution in [2.45, 2.75) is 39.5 Å². The first-order chi connectivity index (χ1) is 7.54. The van der Waals surface area contributed by atoms with Gasteiger partial charge in [0.25, 0.3) is 0 Å². The standard InChI is InChI=1S/C11H26NO3P/c1-5-7-9-14-16(13,11-12(3)4)15-10-8-6-2/h5-11H2,1-4H3. The van der Waals surface area contributed by atoms with Crippen molar-refractivity contribution in [2.24, 2.45) is 0 Å². The van der Waals surface area contributed by atoms with E-state index in [4.69, 9.17) is 9.05 Å². The van der Waals surface area contributed by atoms with Gasteiger partial charge in [0.2, 0.25) is 0 Å². The second kappa shape index (κ2) is 9.17. The van der Waals surface area contributed by atoms with Crippen molar-refractivity contribution in [2.75, 3.05) is 33.6 Å². The van der Waals surface area contributed by atoms with Crippen LogP contribution in [-0.2, 0) is 13.6 Å². The lowest BCUT2D eigenvalue weighted by Gasteiger charge is -2.21. The van der Waals surface area contributed by atoms with E-state index in [-0.39, 0.29) is 0 Å². The van der Waals surface area contributed by atoms with Crippen LogP contribution in [0.1, 0.15) is 39.5 Å². The first kappa shape index (κ1) is 16.1. The second-order valence-corrected chi connectivity index (χ2v) is 6.23. The number of rotatable bonds is 10. The predicted octanol–water partition coefficient (Wildman–Crippen LogP) is 3.33. The van der Waals surface area contributed by atoms with E-state index in [2.05, 4.69) is 13.8 Å². The molecule has 4 nitrogen and oxygen atoms in total. The minimum Gasteiger partial charge on any atom is -0.308 e. The Bertz CT molecular complexity index is 195. The van der Waals surface area contributed by atoms with Gasteiger partial charge < -0.3 is 9.05 Å². The summed E-state index contributed by atoms with van der Waals surface area (Å²) in [6.07, 6.45) is 4.29. The quantitative estimate of drug-likeness (QED) is 0.441. The van der Waals surface area contributed by atoms with Gasteiger partial charge in [-0.1, -0.05) is 26.7 Å². The highest BCUT2D eigenvalue weighted by molar-refractivity contribution is 7.53. The maximum Gasteiger partial charge on any atom is 0.344 e. The molecular weight excluding hydrogens is 225 g/mol. The van der Waals surface area contributed by atoms with Gasteiger partial charge in [0.1, 0.15) is 6.29 Å². The molecule has 0 aromatic carbocycles. The van der Waals surface area contributed by atoms with E-state index in [1.807, 2.05) is 19.0 Å². The van der Waals surface area contributed by atoms with E-state index >= 15 is 0 Å². The Morgan fingerprint density at radius 1 is 1.00 bits per heavy atom. The van der Waals surface area contributed by atoms with Crippen LogP contribution in [-0.4, -0.2) is 38.5 Å². The molecule has 0 unspecified atom stereocenters. The van der Waals surface area contributed by atoms with Crippen molar-refractivity contribution < 1.29 is 13.6 Å². The summed E-state index contributed by atoms with van der Waals surface area (Å²) in [4.78, 5) is 1.85. The Kier molecular flexibility index (Phi) is 9.24. The lowest BCUT2D eigenvalue weighted by Crippen LogP contribution is -2.16. The third kappa shape index (κ3) is 8.28. The summed E-state index contributed by atoms with van der Waals surface area (Å²) in [5.74, 6) is 0. The minimum absolute atomic E-state index is 0.362. The molecular formula is C11H26NO3P. The summed E-state index contributed by atoms with van der Waals surface area (Å²) < 4.78 is 23.1. The maximum atomic E-state index is 12.3. The fourth-order valence-electron chi connectivity index (χ4n) is 1.16. The molecule has 0 saturated carbocycles. The monoisotopic (exact) mass is 251 g/mol. The van der Waals surface area contributed by atoms with Gasteiger partial charge in [0.05, 0.1) is 13.2 Å².